The first-order chi connectivity index (χ1) is 10.1. The van der Waals surface area contributed by atoms with Crippen LogP contribution in [0.4, 0.5) is 0 Å². The standard InChI is InChI=1S/C18H28N2O/c1-18-9-8-14-13-5-3-12(20-19)10-11(13)2-4-15(14)16(18)6-7-17(18)21/h10,13-17,21H,2-9,19H2,1H3/b20-12-/t13-,14+,15+,16-,17-,18-/m0/s1. The number of hydrogen-bond donors (Lipinski definition) is 2. The van der Waals surface area contributed by atoms with Crippen molar-refractivity contribution in [1.29, 1.82) is 0 Å². The summed E-state index contributed by atoms with van der Waals surface area (Å²) in [6.07, 6.45) is 11.9. The molecule has 0 bridgehead atoms. The van der Waals surface area contributed by atoms with Crippen molar-refractivity contribution in [2.75, 3.05) is 0 Å². The first-order valence-corrected chi connectivity index (χ1v) is 8.79. The maximum absolute atomic E-state index is 10.4. The third-order valence-corrected chi connectivity index (χ3v) is 7.43. The number of aliphatic hydroxyl groups is 1. The maximum Gasteiger partial charge on any atom is 0.0600 e. The van der Waals surface area contributed by atoms with Gasteiger partial charge in [0.25, 0.3) is 0 Å². The third-order valence-electron chi connectivity index (χ3n) is 7.43. The molecule has 3 saturated carbocycles. The molecule has 0 aromatic carbocycles. The van der Waals surface area contributed by atoms with Crippen LogP contribution in [0.15, 0.2) is 16.8 Å². The maximum atomic E-state index is 10.4. The topological polar surface area (TPSA) is 58.6 Å². The largest absolute Gasteiger partial charge is 0.393 e. The smallest absolute Gasteiger partial charge is 0.0600 e. The van der Waals surface area contributed by atoms with Gasteiger partial charge in [-0.2, -0.15) is 5.10 Å². The van der Waals surface area contributed by atoms with Crippen LogP contribution in [0.3, 0.4) is 0 Å². The molecule has 3 heteroatoms. The fourth-order valence-electron chi connectivity index (χ4n) is 6.27. The van der Waals surface area contributed by atoms with Crippen LogP contribution in [0.2, 0.25) is 0 Å². The molecule has 0 heterocycles. The molecule has 3 nitrogen and oxygen atoms in total. The van der Waals surface area contributed by atoms with Gasteiger partial charge < -0.3 is 10.9 Å². The highest BCUT2D eigenvalue weighted by atomic mass is 16.3. The van der Waals surface area contributed by atoms with Crippen LogP contribution in [-0.4, -0.2) is 16.9 Å². The minimum atomic E-state index is -0.0530. The Bertz CT molecular complexity index is 497. The van der Waals surface area contributed by atoms with E-state index >= 15 is 0 Å². The van der Waals surface area contributed by atoms with E-state index in [-0.39, 0.29) is 11.5 Å². The number of nitrogens with two attached hydrogens (primary N) is 1. The van der Waals surface area contributed by atoms with E-state index in [1.807, 2.05) is 0 Å². The summed E-state index contributed by atoms with van der Waals surface area (Å²) in [7, 11) is 0. The van der Waals surface area contributed by atoms with Crippen molar-refractivity contribution in [3.05, 3.63) is 11.6 Å². The normalized spacial score (nSPS) is 51.0. The Kier molecular flexibility index (Phi) is 3.18. The van der Waals surface area contributed by atoms with Gasteiger partial charge in [0.2, 0.25) is 0 Å². The lowest BCUT2D eigenvalue weighted by atomic mass is 9.52. The predicted molar refractivity (Wildman–Crippen MR) is 84.7 cm³/mol. The van der Waals surface area contributed by atoms with E-state index in [9.17, 15) is 5.11 Å². The highest BCUT2D eigenvalue weighted by Gasteiger charge is 2.55. The molecule has 116 valence electrons. The molecule has 21 heavy (non-hydrogen) atoms. The molecule has 0 amide bonds. The van der Waals surface area contributed by atoms with Gasteiger partial charge >= 0.3 is 0 Å². The van der Waals surface area contributed by atoms with Crippen LogP contribution in [0.1, 0.15) is 58.3 Å². The van der Waals surface area contributed by atoms with Gasteiger partial charge in [-0.15, -0.1) is 0 Å². The van der Waals surface area contributed by atoms with Crippen LogP contribution in [-0.2, 0) is 0 Å². The van der Waals surface area contributed by atoms with Crippen molar-refractivity contribution in [2.45, 2.75) is 64.4 Å². The summed E-state index contributed by atoms with van der Waals surface area (Å²) in [6.45, 7) is 2.36. The number of rotatable bonds is 0. The zero-order valence-electron chi connectivity index (χ0n) is 13.1. The Balaban J connectivity index is 1.61. The molecular formula is C18H28N2O. The van der Waals surface area contributed by atoms with Gasteiger partial charge in [-0.25, -0.2) is 0 Å². The molecule has 0 aromatic rings. The van der Waals surface area contributed by atoms with E-state index in [1.54, 1.807) is 5.57 Å². The van der Waals surface area contributed by atoms with Gasteiger partial charge in [0.15, 0.2) is 0 Å². The zero-order valence-corrected chi connectivity index (χ0v) is 13.1. The van der Waals surface area contributed by atoms with Crippen LogP contribution < -0.4 is 5.84 Å². The molecule has 6 atom stereocenters. The zero-order chi connectivity index (χ0) is 14.6. The summed E-state index contributed by atoms with van der Waals surface area (Å²) >= 11 is 0. The summed E-state index contributed by atoms with van der Waals surface area (Å²) < 4.78 is 0. The lowest BCUT2D eigenvalue weighted by Crippen LogP contribution is -2.47. The third kappa shape index (κ3) is 1.93. The van der Waals surface area contributed by atoms with E-state index < -0.39 is 0 Å². The predicted octanol–water partition coefficient (Wildman–Crippen LogP) is 3.23. The summed E-state index contributed by atoms with van der Waals surface area (Å²) in [6, 6.07) is 0. The van der Waals surface area contributed by atoms with Crippen LogP contribution in [0.25, 0.3) is 0 Å². The lowest BCUT2D eigenvalue weighted by molar-refractivity contribution is -0.0525. The minimum Gasteiger partial charge on any atom is -0.393 e. The SMILES string of the molecule is C[C@]12CC[C@H]3[C@@H](CCC4=C/C(=N\N)CC[C@@H]43)[C@@H]1CC[C@@H]2O. The van der Waals surface area contributed by atoms with Gasteiger partial charge in [-0.1, -0.05) is 12.5 Å². The van der Waals surface area contributed by atoms with Crippen LogP contribution >= 0.6 is 0 Å². The number of nitrogens with zero attached hydrogens (tertiary/aromatic N) is 1. The first kappa shape index (κ1) is 13.8. The van der Waals surface area contributed by atoms with E-state index in [0.717, 1.165) is 42.2 Å². The fraction of sp³-hybridized carbons (Fsp3) is 0.833. The summed E-state index contributed by atoms with van der Waals surface area (Å²) in [5.74, 6) is 8.71. The number of allylic oxidation sites excluding steroid dienone is 2. The second-order valence-corrected chi connectivity index (χ2v) is 8.10. The fourth-order valence-corrected chi connectivity index (χ4v) is 6.27. The second-order valence-electron chi connectivity index (χ2n) is 8.10. The van der Waals surface area contributed by atoms with Gasteiger partial charge in [-0.05, 0) is 86.5 Å². The molecule has 4 aliphatic carbocycles. The molecule has 0 spiro atoms. The quantitative estimate of drug-likeness (QED) is 0.531. The molecule has 0 radical (unpaired) electrons. The Morgan fingerprint density at radius 3 is 2.81 bits per heavy atom. The average molecular weight is 288 g/mol. The highest BCUT2D eigenvalue weighted by molar-refractivity contribution is 5.96. The van der Waals surface area contributed by atoms with Gasteiger partial charge in [0.1, 0.15) is 0 Å². The van der Waals surface area contributed by atoms with Crippen LogP contribution in [0.5, 0.6) is 0 Å². The highest BCUT2D eigenvalue weighted by Crippen LogP contribution is 2.61. The van der Waals surface area contributed by atoms with E-state index in [4.69, 9.17) is 5.84 Å². The first-order valence-electron chi connectivity index (χ1n) is 8.79. The van der Waals surface area contributed by atoms with Gasteiger partial charge in [-0.3, -0.25) is 0 Å². The Morgan fingerprint density at radius 2 is 2.00 bits per heavy atom. The van der Waals surface area contributed by atoms with E-state index in [2.05, 4.69) is 18.1 Å². The molecule has 3 N–H and O–H groups in total. The Hall–Kier alpha value is -0.830. The van der Waals surface area contributed by atoms with E-state index in [0.29, 0.717) is 0 Å². The number of hydrogen-bond acceptors (Lipinski definition) is 3. The second kappa shape index (κ2) is 4.84. The lowest BCUT2D eigenvalue weighted by Gasteiger charge is -2.53. The molecule has 0 unspecified atom stereocenters. The van der Waals surface area contributed by atoms with Gasteiger partial charge in [0.05, 0.1) is 11.8 Å². The Morgan fingerprint density at radius 1 is 1.14 bits per heavy atom. The number of hydrazone groups is 1. The number of fused-ring (bicyclic) bond motifs is 5. The van der Waals surface area contributed by atoms with Crippen molar-refractivity contribution in [3.8, 4) is 0 Å². The summed E-state index contributed by atoms with van der Waals surface area (Å²) in [4.78, 5) is 0. The monoisotopic (exact) mass is 288 g/mol. The van der Waals surface area contributed by atoms with Gasteiger partial charge in [0, 0.05) is 0 Å². The van der Waals surface area contributed by atoms with Crippen LogP contribution in [0, 0.1) is 29.1 Å². The van der Waals surface area contributed by atoms with Crippen molar-refractivity contribution in [2.24, 2.45) is 40.0 Å². The molecule has 0 aromatic heterocycles. The summed E-state index contributed by atoms with van der Waals surface area (Å²) in [5, 5.41) is 14.4. The van der Waals surface area contributed by atoms with Crippen molar-refractivity contribution in [3.63, 3.8) is 0 Å². The van der Waals surface area contributed by atoms with Crippen molar-refractivity contribution in [1.82, 2.24) is 0 Å². The molecule has 0 saturated heterocycles. The Labute approximate surface area is 127 Å². The summed E-state index contributed by atoms with van der Waals surface area (Å²) in [5.41, 5.74) is 2.92. The molecule has 4 aliphatic rings. The molecule has 0 aliphatic heterocycles. The average Bonchev–Trinajstić information content (AvgIpc) is 2.82. The number of aliphatic hydroxyl groups excluding tert-OH is 1. The van der Waals surface area contributed by atoms with E-state index in [1.165, 1.54) is 38.5 Å². The molecule has 3 fully saturated rings. The van der Waals surface area contributed by atoms with Crippen molar-refractivity contribution < 1.29 is 5.11 Å². The minimum absolute atomic E-state index is 0.0530. The molecular weight excluding hydrogens is 260 g/mol. The van der Waals surface area contributed by atoms with Crippen molar-refractivity contribution >= 4 is 5.71 Å². The molecule has 4 rings (SSSR count).